The van der Waals surface area contributed by atoms with Gasteiger partial charge in [-0.05, 0) is 49.4 Å². The Balaban J connectivity index is 1.21. The molecule has 2 aromatic heterocycles. The van der Waals surface area contributed by atoms with Gasteiger partial charge >= 0.3 is 5.76 Å². The third-order valence-corrected chi connectivity index (χ3v) is 7.23. The zero-order valence-electron chi connectivity index (χ0n) is 19.6. The highest BCUT2D eigenvalue weighted by molar-refractivity contribution is 6.35. The first-order valence-electron chi connectivity index (χ1n) is 12.4. The van der Waals surface area contributed by atoms with Crippen LogP contribution in [-0.4, -0.2) is 46.8 Å². The topological polar surface area (TPSA) is 113 Å². The van der Waals surface area contributed by atoms with Crippen molar-refractivity contribution in [2.45, 2.75) is 57.5 Å². The van der Waals surface area contributed by atoms with Crippen molar-refractivity contribution in [2.24, 2.45) is 5.92 Å². The molecule has 0 spiro atoms. The third-order valence-electron chi connectivity index (χ3n) is 6.92. The second-order valence-electron chi connectivity index (χ2n) is 9.43. The van der Waals surface area contributed by atoms with Crippen LogP contribution in [0.1, 0.15) is 50.8 Å². The van der Waals surface area contributed by atoms with Crippen LogP contribution in [0.4, 0.5) is 11.5 Å². The number of H-pyrrole nitrogens is 1. The Kier molecular flexibility index (Phi) is 7.34. The second-order valence-corrected chi connectivity index (χ2v) is 9.84. The highest BCUT2D eigenvalue weighted by Crippen LogP contribution is 2.33. The predicted molar refractivity (Wildman–Crippen MR) is 134 cm³/mol. The van der Waals surface area contributed by atoms with Crippen molar-refractivity contribution in [3.05, 3.63) is 45.7 Å². The summed E-state index contributed by atoms with van der Waals surface area (Å²) in [6, 6.07) is 7.63. The summed E-state index contributed by atoms with van der Waals surface area (Å²) in [6.07, 6.45) is 7.95. The van der Waals surface area contributed by atoms with Crippen LogP contribution in [0.5, 0.6) is 0 Å². The molecule has 9 nitrogen and oxygen atoms in total. The van der Waals surface area contributed by atoms with E-state index in [4.69, 9.17) is 21.3 Å². The summed E-state index contributed by atoms with van der Waals surface area (Å²) >= 11 is 6.47. The summed E-state index contributed by atoms with van der Waals surface area (Å²) in [5, 5.41) is 8.07. The van der Waals surface area contributed by atoms with Crippen LogP contribution >= 0.6 is 11.6 Å². The fraction of sp³-hybridized carbons (Fsp3) is 0.520. The molecule has 35 heavy (non-hydrogen) atoms. The smallest absolute Gasteiger partial charge is 0.376 e. The molecular formula is C25H30ClN5O4. The number of aromatic amines is 1. The van der Waals surface area contributed by atoms with Crippen LogP contribution < -0.4 is 16.0 Å². The van der Waals surface area contributed by atoms with E-state index in [2.05, 4.69) is 24.9 Å². The van der Waals surface area contributed by atoms with Gasteiger partial charge in [-0.2, -0.15) is 0 Å². The van der Waals surface area contributed by atoms with E-state index in [-0.39, 0.29) is 12.0 Å². The van der Waals surface area contributed by atoms with Crippen molar-refractivity contribution >= 4 is 39.9 Å². The number of hydrogen-bond donors (Lipinski definition) is 2. The Bertz CT molecular complexity index is 1240. The SMILES string of the molecule is O=C(CC1CCCCC1)Nc1c(Cl)ccc2nc(N3CC[C@H](OCCc4noc(=O)[nH]4)C3)ccc12. The van der Waals surface area contributed by atoms with Crippen molar-refractivity contribution in [1.82, 2.24) is 15.1 Å². The van der Waals surface area contributed by atoms with Crippen molar-refractivity contribution in [1.29, 1.82) is 0 Å². The Hall–Kier alpha value is -2.91. The normalized spacial score (nSPS) is 18.9. The van der Waals surface area contributed by atoms with Gasteiger partial charge in [0.25, 0.3) is 0 Å². The van der Waals surface area contributed by atoms with Gasteiger partial charge in [0.1, 0.15) is 5.82 Å². The molecule has 10 heteroatoms. The van der Waals surface area contributed by atoms with Crippen LogP contribution in [-0.2, 0) is 16.0 Å². The number of anilines is 2. The van der Waals surface area contributed by atoms with Crippen LogP contribution in [0.3, 0.4) is 0 Å². The zero-order chi connectivity index (χ0) is 24.2. The fourth-order valence-corrected chi connectivity index (χ4v) is 5.29. The maximum atomic E-state index is 12.7. The first-order valence-corrected chi connectivity index (χ1v) is 12.7. The number of halogens is 1. The van der Waals surface area contributed by atoms with Gasteiger partial charge in [0.15, 0.2) is 5.82 Å². The average Bonchev–Trinajstić information content (AvgIpc) is 3.50. The van der Waals surface area contributed by atoms with E-state index in [1.807, 2.05) is 18.2 Å². The minimum Gasteiger partial charge on any atom is -0.376 e. The molecule has 186 valence electrons. The number of carbonyl (C=O) groups is 1. The number of ether oxygens (including phenoxy) is 1. The molecule has 1 saturated heterocycles. The van der Waals surface area contributed by atoms with E-state index >= 15 is 0 Å². The van der Waals surface area contributed by atoms with Crippen molar-refractivity contribution in [3.8, 4) is 0 Å². The van der Waals surface area contributed by atoms with Crippen molar-refractivity contribution in [2.75, 3.05) is 29.9 Å². The summed E-state index contributed by atoms with van der Waals surface area (Å²) in [5.74, 6) is 1.28. The number of pyridine rings is 1. The number of carbonyl (C=O) groups excluding carboxylic acids is 1. The highest BCUT2D eigenvalue weighted by atomic mass is 35.5. The van der Waals surface area contributed by atoms with Crippen LogP contribution in [0, 0.1) is 5.92 Å². The van der Waals surface area contributed by atoms with Gasteiger partial charge in [-0.25, -0.2) is 9.78 Å². The number of aromatic nitrogens is 3. The van der Waals surface area contributed by atoms with Crippen LogP contribution in [0.2, 0.25) is 5.02 Å². The van der Waals surface area contributed by atoms with E-state index in [9.17, 15) is 9.59 Å². The molecule has 1 amide bonds. The largest absolute Gasteiger partial charge is 0.438 e. The molecule has 1 atom stereocenters. The van der Waals surface area contributed by atoms with Gasteiger partial charge in [-0.15, -0.1) is 0 Å². The fourth-order valence-electron chi connectivity index (χ4n) is 5.08. The highest BCUT2D eigenvalue weighted by Gasteiger charge is 2.25. The van der Waals surface area contributed by atoms with E-state index in [1.165, 1.54) is 19.3 Å². The number of hydrogen-bond acceptors (Lipinski definition) is 7. The average molecular weight is 500 g/mol. The minimum atomic E-state index is -0.553. The Morgan fingerprint density at radius 1 is 1.20 bits per heavy atom. The quantitative estimate of drug-likeness (QED) is 0.474. The molecule has 2 N–H and O–H groups in total. The van der Waals surface area contributed by atoms with Gasteiger partial charge in [0.05, 0.1) is 28.9 Å². The molecule has 2 fully saturated rings. The summed E-state index contributed by atoms with van der Waals surface area (Å²) in [6.45, 7) is 2.02. The standard InChI is InChI=1S/C25H30ClN5O4/c26-19-7-8-20-18(24(19)29-23(32)14-16-4-2-1-3-5-16)6-9-22(27-20)31-12-10-17(15-31)34-13-11-21-28-25(33)35-30-21/h6-9,16-17H,1-5,10-15H2,(H,29,32)(H,28,30,33)/t17-/m0/s1. The van der Waals surface area contributed by atoms with Gasteiger partial charge in [-0.1, -0.05) is 36.0 Å². The molecule has 5 rings (SSSR count). The van der Waals surface area contributed by atoms with Crippen LogP contribution in [0.15, 0.2) is 33.6 Å². The van der Waals surface area contributed by atoms with Gasteiger partial charge in [-0.3, -0.25) is 14.3 Å². The summed E-state index contributed by atoms with van der Waals surface area (Å²) in [5.41, 5.74) is 1.43. The lowest BCUT2D eigenvalue weighted by molar-refractivity contribution is -0.117. The van der Waals surface area contributed by atoms with Gasteiger partial charge in [0, 0.05) is 31.3 Å². The molecule has 3 aromatic rings. The number of rotatable bonds is 8. The molecule has 0 radical (unpaired) electrons. The molecule has 3 heterocycles. The number of benzene rings is 1. The molecule has 1 saturated carbocycles. The maximum Gasteiger partial charge on any atom is 0.438 e. The summed E-state index contributed by atoms with van der Waals surface area (Å²) in [7, 11) is 0. The van der Waals surface area contributed by atoms with E-state index in [1.54, 1.807) is 6.07 Å². The number of nitrogens with zero attached hydrogens (tertiary/aromatic N) is 3. The molecular weight excluding hydrogens is 470 g/mol. The second kappa shape index (κ2) is 10.8. The molecule has 0 unspecified atom stereocenters. The zero-order valence-corrected chi connectivity index (χ0v) is 20.4. The molecule has 0 bridgehead atoms. The first kappa shape index (κ1) is 23.8. The van der Waals surface area contributed by atoms with E-state index in [0.717, 1.165) is 49.1 Å². The lowest BCUT2D eigenvalue weighted by atomic mass is 9.87. The third kappa shape index (κ3) is 5.85. The number of amides is 1. The number of nitrogens with one attached hydrogen (secondary N) is 2. The molecule has 1 aliphatic carbocycles. The Labute approximate surface area is 208 Å². The Morgan fingerprint density at radius 2 is 2.06 bits per heavy atom. The monoisotopic (exact) mass is 499 g/mol. The summed E-state index contributed by atoms with van der Waals surface area (Å²) in [4.78, 5) is 33.3. The summed E-state index contributed by atoms with van der Waals surface area (Å²) < 4.78 is 10.5. The lowest BCUT2D eigenvalue weighted by Crippen LogP contribution is -2.24. The maximum absolute atomic E-state index is 12.7. The van der Waals surface area contributed by atoms with Gasteiger partial charge < -0.3 is 15.0 Å². The number of fused-ring (bicyclic) bond motifs is 1. The molecule has 1 aliphatic heterocycles. The van der Waals surface area contributed by atoms with Gasteiger partial charge in [0.2, 0.25) is 5.91 Å². The van der Waals surface area contributed by atoms with E-state index < -0.39 is 5.76 Å². The van der Waals surface area contributed by atoms with Crippen LogP contribution in [0.25, 0.3) is 10.9 Å². The lowest BCUT2D eigenvalue weighted by Gasteiger charge is -2.21. The first-order chi connectivity index (χ1) is 17.0. The Morgan fingerprint density at radius 3 is 2.86 bits per heavy atom. The van der Waals surface area contributed by atoms with Crippen molar-refractivity contribution < 1.29 is 14.1 Å². The molecule has 2 aliphatic rings. The molecule has 1 aromatic carbocycles. The van der Waals surface area contributed by atoms with E-state index in [0.29, 0.717) is 41.9 Å². The van der Waals surface area contributed by atoms with Crippen molar-refractivity contribution in [3.63, 3.8) is 0 Å². The predicted octanol–water partition coefficient (Wildman–Crippen LogP) is 4.31. The minimum absolute atomic E-state index is 0.0182.